The Bertz CT molecular complexity index is 457. The highest BCUT2D eigenvalue weighted by Gasteiger charge is 2.42. The Morgan fingerprint density at radius 1 is 1.21 bits per heavy atom. The van der Waals surface area contributed by atoms with Crippen LogP contribution < -0.4 is 10.5 Å². The zero-order valence-electron chi connectivity index (χ0n) is 9.14. The van der Waals surface area contributed by atoms with Crippen LogP contribution in [0.3, 0.4) is 0 Å². The van der Waals surface area contributed by atoms with Gasteiger partial charge in [-0.3, -0.25) is 0 Å². The molecule has 3 N–H and O–H groups in total. The van der Waals surface area contributed by atoms with E-state index < -0.39 is 42.7 Å². The molecule has 10 heteroatoms. The molecule has 1 aromatic rings. The lowest BCUT2D eigenvalue weighted by molar-refractivity contribution is -0.277. The average Bonchev–Trinajstić information content (AvgIpc) is 2.25. The molecule has 0 spiro atoms. The van der Waals surface area contributed by atoms with E-state index in [1.807, 2.05) is 0 Å². The van der Waals surface area contributed by atoms with E-state index >= 15 is 0 Å². The molecule has 1 aromatic heterocycles. The monoisotopic (exact) mass is 290 g/mol. The van der Waals surface area contributed by atoms with Gasteiger partial charge in [-0.05, 0) is 6.07 Å². The number of rotatable bonds is 3. The summed E-state index contributed by atoms with van der Waals surface area (Å²) in [6, 6.07) is 0.816. The molecule has 0 saturated heterocycles. The molecular weight excluding hydrogens is 282 g/mol. The normalized spacial score (nSPS) is 12.6. The number of aliphatic hydroxyl groups is 1. The zero-order valence-corrected chi connectivity index (χ0v) is 9.14. The summed E-state index contributed by atoms with van der Waals surface area (Å²) in [4.78, 5) is 2.97. The number of aliphatic hydroxyl groups excluding tert-OH is 1. The van der Waals surface area contributed by atoms with Crippen molar-refractivity contribution in [1.82, 2.24) is 4.98 Å². The molecule has 0 aromatic carbocycles. The van der Waals surface area contributed by atoms with Gasteiger partial charge in [0.1, 0.15) is 0 Å². The lowest BCUT2D eigenvalue weighted by Crippen LogP contribution is -2.23. The van der Waals surface area contributed by atoms with Gasteiger partial charge in [-0.1, -0.05) is 0 Å². The Morgan fingerprint density at radius 2 is 1.79 bits per heavy atom. The second kappa shape index (κ2) is 5.21. The number of alkyl halides is 6. The Morgan fingerprint density at radius 3 is 2.16 bits per heavy atom. The van der Waals surface area contributed by atoms with E-state index in [0.29, 0.717) is 0 Å². The predicted octanol–water partition coefficient (Wildman–Crippen LogP) is 1.95. The molecule has 1 rings (SSSR count). The molecule has 0 aliphatic carbocycles. The largest absolute Gasteiger partial charge is 0.573 e. The number of ether oxygens (including phenoxy) is 1. The molecule has 0 saturated carbocycles. The lowest BCUT2D eigenvalue weighted by Gasteiger charge is -2.18. The van der Waals surface area contributed by atoms with Crippen molar-refractivity contribution < 1.29 is 36.2 Å². The van der Waals surface area contributed by atoms with Crippen molar-refractivity contribution in [1.29, 1.82) is 0 Å². The van der Waals surface area contributed by atoms with Crippen molar-refractivity contribution in [3.05, 3.63) is 23.0 Å². The summed E-state index contributed by atoms with van der Waals surface area (Å²) in [5.41, 5.74) is 2.20. The van der Waals surface area contributed by atoms with Crippen LogP contribution in [0.25, 0.3) is 0 Å². The van der Waals surface area contributed by atoms with Crippen molar-refractivity contribution in [2.75, 3.05) is 0 Å². The number of hydrogen-bond acceptors (Lipinski definition) is 4. The van der Waals surface area contributed by atoms with Gasteiger partial charge in [-0.25, -0.2) is 4.98 Å². The fourth-order valence-electron chi connectivity index (χ4n) is 1.29. The third-order valence-electron chi connectivity index (χ3n) is 1.97. The molecule has 0 unspecified atom stereocenters. The lowest BCUT2D eigenvalue weighted by atomic mass is 10.1. The van der Waals surface area contributed by atoms with E-state index in [-0.39, 0.29) is 5.69 Å². The van der Waals surface area contributed by atoms with Gasteiger partial charge in [0, 0.05) is 12.1 Å². The number of hydrogen-bond donors (Lipinski definition) is 2. The molecular formula is C9H8F6N2O2. The zero-order chi connectivity index (χ0) is 14.8. The molecule has 19 heavy (non-hydrogen) atoms. The highest BCUT2D eigenvalue weighted by Crippen LogP contribution is 2.39. The number of nitrogens with two attached hydrogens (primary N) is 1. The van der Waals surface area contributed by atoms with E-state index in [0.717, 1.165) is 6.07 Å². The molecule has 0 atom stereocenters. The molecule has 0 aliphatic heterocycles. The number of pyridine rings is 1. The van der Waals surface area contributed by atoms with Gasteiger partial charge < -0.3 is 15.6 Å². The summed E-state index contributed by atoms with van der Waals surface area (Å²) in [6.07, 6.45) is -10.5. The van der Waals surface area contributed by atoms with E-state index in [2.05, 4.69) is 9.72 Å². The fraction of sp³-hybridized carbons (Fsp3) is 0.444. The van der Waals surface area contributed by atoms with Gasteiger partial charge in [0.2, 0.25) is 0 Å². The maximum Gasteiger partial charge on any atom is 0.573 e. The third-order valence-corrected chi connectivity index (χ3v) is 1.97. The summed E-state index contributed by atoms with van der Waals surface area (Å²) in [7, 11) is 0. The highest BCUT2D eigenvalue weighted by molar-refractivity contribution is 5.40. The summed E-state index contributed by atoms with van der Waals surface area (Å²) in [5.74, 6) is -1.57. The van der Waals surface area contributed by atoms with Crippen LogP contribution in [0, 0.1) is 0 Å². The first-order valence-corrected chi connectivity index (χ1v) is 4.75. The molecule has 0 radical (unpaired) electrons. The van der Waals surface area contributed by atoms with Crippen molar-refractivity contribution >= 4 is 0 Å². The minimum atomic E-state index is -5.34. The molecule has 1 heterocycles. The minimum absolute atomic E-state index is 0.314. The maximum atomic E-state index is 12.6. The summed E-state index contributed by atoms with van der Waals surface area (Å²) < 4.78 is 77.4. The van der Waals surface area contributed by atoms with Crippen LogP contribution in [0.1, 0.15) is 17.0 Å². The molecule has 0 aliphatic rings. The van der Waals surface area contributed by atoms with Gasteiger partial charge in [0.15, 0.2) is 11.4 Å². The first-order chi connectivity index (χ1) is 8.58. The highest BCUT2D eigenvalue weighted by atomic mass is 19.4. The van der Waals surface area contributed by atoms with Crippen LogP contribution in [0.5, 0.6) is 5.75 Å². The van der Waals surface area contributed by atoms with Crippen LogP contribution in [0.4, 0.5) is 26.3 Å². The van der Waals surface area contributed by atoms with Crippen molar-refractivity contribution in [2.24, 2.45) is 5.73 Å². The molecule has 0 amide bonds. The van der Waals surface area contributed by atoms with Gasteiger partial charge in [0.05, 0.1) is 12.3 Å². The van der Waals surface area contributed by atoms with E-state index in [1.54, 1.807) is 0 Å². The molecule has 4 nitrogen and oxygen atoms in total. The summed E-state index contributed by atoms with van der Waals surface area (Å²) in [5, 5.41) is 8.84. The first kappa shape index (κ1) is 15.5. The second-order valence-electron chi connectivity index (χ2n) is 3.36. The minimum Gasteiger partial charge on any atom is -0.403 e. The van der Waals surface area contributed by atoms with Crippen LogP contribution in [-0.4, -0.2) is 16.5 Å². The number of nitrogens with zero attached hydrogens (tertiary/aromatic N) is 1. The number of aromatic nitrogens is 1. The van der Waals surface area contributed by atoms with E-state index in [1.165, 1.54) is 0 Å². The van der Waals surface area contributed by atoms with Gasteiger partial charge in [-0.2, -0.15) is 13.2 Å². The predicted molar refractivity (Wildman–Crippen MR) is 49.7 cm³/mol. The second-order valence-corrected chi connectivity index (χ2v) is 3.36. The summed E-state index contributed by atoms with van der Waals surface area (Å²) in [6.45, 7) is -1.51. The van der Waals surface area contributed by atoms with Crippen molar-refractivity contribution in [2.45, 2.75) is 25.7 Å². The standard InChI is InChI=1S/C9H8F6N2O2/c10-8(11,12)7-6(19-9(13,14)15)4(3-18)1-5(2-16)17-7/h1,18H,2-3,16H2. The Hall–Kier alpha value is -1.55. The quantitative estimate of drug-likeness (QED) is 0.835. The van der Waals surface area contributed by atoms with Crippen molar-refractivity contribution in [3.8, 4) is 5.75 Å². The van der Waals surface area contributed by atoms with Gasteiger partial charge >= 0.3 is 12.5 Å². The molecule has 0 fully saturated rings. The maximum absolute atomic E-state index is 12.6. The first-order valence-electron chi connectivity index (χ1n) is 4.75. The van der Waals surface area contributed by atoms with Crippen LogP contribution in [0.2, 0.25) is 0 Å². The number of halogens is 6. The van der Waals surface area contributed by atoms with E-state index in [4.69, 9.17) is 10.8 Å². The average molecular weight is 290 g/mol. The van der Waals surface area contributed by atoms with Gasteiger partial charge in [-0.15, -0.1) is 13.2 Å². The molecule has 0 bridgehead atoms. The smallest absolute Gasteiger partial charge is 0.403 e. The van der Waals surface area contributed by atoms with E-state index in [9.17, 15) is 26.3 Å². The Balaban J connectivity index is 3.47. The Labute approximate surface area is 102 Å². The van der Waals surface area contributed by atoms with Crippen molar-refractivity contribution in [3.63, 3.8) is 0 Å². The van der Waals surface area contributed by atoms with Gasteiger partial charge in [0.25, 0.3) is 0 Å². The molecule has 108 valence electrons. The van der Waals surface area contributed by atoms with Crippen LogP contribution in [0.15, 0.2) is 6.07 Å². The van der Waals surface area contributed by atoms with Crippen LogP contribution in [-0.2, 0) is 19.3 Å². The Kier molecular flexibility index (Phi) is 4.25. The topological polar surface area (TPSA) is 68.4 Å². The fourth-order valence-corrected chi connectivity index (χ4v) is 1.29. The van der Waals surface area contributed by atoms with Crippen LogP contribution >= 0.6 is 0 Å². The third kappa shape index (κ3) is 3.96. The summed E-state index contributed by atoms with van der Waals surface area (Å²) >= 11 is 0. The SMILES string of the molecule is NCc1cc(CO)c(OC(F)(F)F)c(C(F)(F)F)n1.